The van der Waals surface area contributed by atoms with Crippen molar-refractivity contribution in [2.45, 2.75) is 13.0 Å². The third kappa shape index (κ3) is 3.24. The van der Waals surface area contributed by atoms with Crippen LogP contribution in [0.3, 0.4) is 0 Å². The van der Waals surface area contributed by atoms with E-state index < -0.39 is 0 Å². The van der Waals surface area contributed by atoms with Crippen LogP contribution in [0.1, 0.15) is 5.69 Å². The largest absolute Gasteiger partial charge is 0.378 e. The van der Waals surface area contributed by atoms with Crippen LogP contribution in [-0.4, -0.2) is 64.7 Å². The van der Waals surface area contributed by atoms with Crippen molar-refractivity contribution in [1.82, 2.24) is 19.3 Å². The lowest BCUT2D eigenvalue weighted by Crippen LogP contribution is -2.56. The second-order valence-corrected chi connectivity index (χ2v) is 7.28. The van der Waals surface area contributed by atoms with Crippen LogP contribution in [0.2, 0.25) is 0 Å². The molecule has 7 heteroatoms. The van der Waals surface area contributed by atoms with Crippen LogP contribution >= 0.6 is 0 Å². The average Bonchev–Trinajstić information content (AvgIpc) is 3.03. The molecule has 0 saturated carbocycles. The number of piperazine rings is 1. The molecular weight excluding hydrogens is 340 g/mol. The van der Waals surface area contributed by atoms with E-state index in [9.17, 15) is 0 Å². The topological polar surface area (TPSA) is 57.9 Å². The Morgan fingerprint density at radius 1 is 1.07 bits per heavy atom. The van der Waals surface area contributed by atoms with E-state index in [1.54, 1.807) is 6.20 Å². The number of ether oxygens (including phenoxy) is 1. The molecule has 3 aromatic rings. The summed E-state index contributed by atoms with van der Waals surface area (Å²) in [4.78, 5) is 14.0. The number of nitrogens with zero attached hydrogens (tertiary/aromatic N) is 5. The third-order valence-corrected chi connectivity index (χ3v) is 5.44. The summed E-state index contributed by atoms with van der Waals surface area (Å²) in [6.45, 7) is 8.14. The van der Waals surface area contributed by atoms with E-state index in [1.165, 1.54) is 5.69 Å². The maximum absolute atomic E-state index is 5.32. The fourth-order valence-corrected chi connectivity index (χ4v) is 3.80. The Hall–Kier alpha value is -2.64. The Bertz CT molecular complexity index is 925. The molecule has 2 aromatic heterocycles. The standard InChI is InChI=1S/C20H24N6O/c1-15-12-26-7-6-21-19(20(26)22-15)23-16-2-4-17(5-3-16)24-8-10-25(11-9-24)18-13-27-14-18/h2-7,12,18H,8-11,13-14H2,1H3,(H,21,23). The van der Waals surface area contributed by atoms with Crippen LogP contribution in [-0.2, 0) is 4.74 Å². The summed E-state index contributed by atoms with van der Waals surface area (Å²) in [6, 6.07) is 9.23. The highest BCUT2D eigenvalue weighted by Crippen LogP contribution is 2.24. The zero-order chi connectivity index (χ0) is 18.2. The first kappa shape index (κ1) is 16.5. The summed E-state index contributed by atoms with van der Waals surface area (Å²) in [5.41, 5.74) is 4.11. The lowest BCUT2D eigenvalue weighted by molar-refractivity contribution is -0.0660. The fraction of sp³-hybridized carbons (Fsp3) is 0.400. The molecule has 0 amide bonds. The Morgan fingerprint density at radius 3 is 2.56 bits per heavy atom. The van der Waals surface area contributed by atoms with Crippen molar-refractivity contribution in [2.24, 2.45) is 0 Å². The number of anilines is 3. The minimum Gasteiger partial charge on any atom is -0.378 e. The van der Waals surface area contributed by atoms with Crippen molar-refractivity contribution in [3.8, 4) is 0 Å². The minimum absolute atomic E-state index is 0.639. The predicted molar refractivity (Wildman–Crippen MR) is 106 cm³/mol. The molecule has 140 valence electrons. The lowest BCUT2D eigenvalue weighted by Gasteiger charge is -2.43. The van der Waals surface area contributed by atoms with Crippen molar-refractivity contribution in [2.75, 3.05) is 49.6 Å². The van der Waals surface area contributed by atoms with Gasteiger partial charge in [-0.05, 0) is 31.2 Å². The maximum Gasteiger partial charge on any atom is 0.180 e. The number of rotatable bonds is 4. The number of hydrogen-bond acceptors (Lipinski definition) is 6. The van der Waals surface area contributed by atoms with E-state index >= 15 is 0 Å². The van der Waals surface area contributed by atoms with Gasteiger partial charge in [-0.3, -0.25) is 4.90 Å². The van der Waals surface area contributed by atoms with E-state index in [4.69, 9.17) is 4.74 Å². The van der Waals surface area contributed by atoms with Crippen LogP contribution < -0.4 is 10.2 Å². The van der Waals surface area contributed by atoms with Gasteiger partial charge in [-0.1, -0.05) is 0 Å². The first-order valence-electron chi connectivity index (χ1n) is 9.50. The van der Waals surface area contributed by atoms with Gasteiger partial charge >= 0.3 is 0 Å². The summed E-state index contributed by atoms with van der Waals surface area (Å²) in [5.74, 6) is 0.773. The maximum atomic E-state index is 5.32. The van der Waals surface area contributed by atoms with Crippen LogP contribution in [0.15, 0.2) is 42.9 Å². The van der Waals surface area contributed by atoms with Crippen molar-refractivity contribution in [1.29, 1.82) is 0 Å². The van der Waals surface area contributed by atoms with Crippen LogP contribution in [0.5, 0.6) is 0 Å². The average molecular weight is 364 g/mol. The van der Waals surface area contributed by atoms with E-state index in [0.29, 0.717) is 6.04 Å². The van der Waals surface area contributed by atoms with Crippen molar-refractivity contribution < 1.29 is 4.74 Å². The summed E-state index contributed by atoms with van der Waals surface area (Å²) in [6.07, 6.45) is 5.71. The molecule has 0 unspecified atom stereocenters. The monoisotopic (exact) mass is 364 g/mol. The predicted octanol–water partition coefficient (Wildman–Crippen LogP) is 2.30. The first-order valence-corrected chi connectivity index (χ1v) is 9.50. The molecule has 0 bridgehead atoms. The van der Waals surface area contributed by atoms with Gasteiger partial charge in [-0.15, -0.1) is 0 Å². The smallest absolute Gasteiger partial charge is 0.180 e. The Labute approximate surface area is 158 Å². The van der Waals surface area contributed by atoms with Gasteiger partial charge in [0.15, 0.2) is 11.5 Å². The highest BCUT2D eigenvalue weighted by molar-refractivity contribution is 5.71. The molecule has 2 saturated heterocycles. The van der Waals surface area contributed by atoms with E-state index in [2.05, 4.69) is 49.4 Å². The molecule has 0 spiro atoms. The molecule has 0 radical (unpaired) electrons. The third-order valence-electron chi connectivity index (χ3n) is 5.44. The van der Waals surface area contributed by atoms with Crippen LogP contribution in [0, 0.1) is 6.92 Å². The molecule has 1 aromatic carbocycles. The molecular formula is C20H24N6O. The number of imidazole rings is 1. The van der Waals surface area contributed by atoms with Crippen molar-refractivity contribution >= 4 is 22.8 Å². The number of nitrogens with one attached hydrogen (secondary N) is 1. The number of benzene rings is 1. The number of aromatic nitrogens is 3. The Balaban J connectivity index is 1.26. The Kier molecular flexibility index (Phi) is 4.18. The van der Waals surface area contributed by atoms with Gasteiger partial charge < -0.3 is 19.4 Å². The molecule has 0 aliphatic carbocycles. The van der Waals surface area contributed by atoms with Gasteiger partial charge in [-0.2, -0.15) is 0 Å². The molecule has 27 heavy (non-hydrogen) atoms. The van der Waals surface area contributed by atoms with Gasteiger partial charge in [0.05, 0.1) is 24.9 Å². The van der Waals surface area contributed by atoms with Gasteiger partial charge in [0.25, 0.3) is 0 Å². The van der Waals surface area contributed by atoms with Gasteiger partial charge in [-0.25, -0.2) is 9.97 Å². The summed E-state index contributed by atoms with van der Waals surface area (Å²) >= 11 is 0. The highest BCUT2D eigenvalue weighted by Gasteiger charge is 2.28. The molecule has 2 fully saturated rings. The molecule has 0 atom stereocenters. The summed E-state index contributed by atoms with van der Waals surface area (Å²) in [7, 11) is 0. The number of fused-ring (bicyclic) bond motifs is 1. The lowest BCUT2D eigenvalue weighted by atomic mass is 10.1. The van der Waals surface area contributed by atoms with Crippen molar-refractivity contribution in [3.05, 3.63) is 48.5 Å². The summed E-state index contributed by atoms with van der Waals surface area (Å²) in [5, 5.41) is 3.39. The van der Waals surface area contributed by atoms with E-state index in [-0.39, 0.29) is 0 Å². The molecule has 2 aliphatic heterocycles. The molecule has 2 aliphatic rings. The quantitative estimate of drug-likeness (QED) is 0.767. The fourth-order valence-electron chi connectivity index (χ4n) is 3.80. The second kappa shape index (κ2) is 6.83. The van der Waals surface area contributed by atoms with Gasteiger partial charge in [0, 0.05) is 56.1 Å². The molecule has 4 heterocycles. The Morgan fingerprint density at radius 2 is 1.85 bits per heavy atom. The van der Waals surface area contributed by atoms with Gasteiger partial charge in [0.1, 0.15) is 0 Å². The normalized spacial score (nSPS) is 18.6. The molecule has 1 N–H and O–H groups in total. The SMILES string of the molecule is Cc1cn2ccnc(Nc3ccc(N4CCN(C5COC5)CC4)cc3)c2n1. The van der Waals surface area contributed by atoms with Crippen molar-refractivity contribution in [3.63, 3.8) is 0 Å². The second-order valence-electron chi connectivity index (χ2n) is 7.28. The minimum atomic E-state index is 0.639. The number of aryl methyl sites for hydroxylation is 1. The zero-order valence-corrected chi connectivity index (χ0v) is 15.5. The van der Waals surface area contributed by atoms with Crippen LogP contribution in [0.25, 0.3) is 5.65 Å². The van der Waals surface area contributed by atoms with Crippen LogP contribution in [0.4, 0.5) is 17.2 Å². The van der Waals surface area contributed by atoms with E-state index in [0.717, 1.165) is 62.2 Å². The van der Waals surface area contributed by atoms with E-state index in [1.807, 2.05) is 23.7 Å². The zero-order valence-electron chi connectivity index (χ0n) is 15.5. The molecule has 5 rings (SSSR count). The first-order chi connectivity index (χ1) is 13.3. The molecule has 7 nitrogen and oxygen atoms in total. The summed E-state index contributed by atoms with van der Waals surface area (Å²) < 4.78 is 7.31. The highest BCUT2D eigenvalue weighted by atomic mass is 16.5. The number of hydrogen-bond donors (Lipinski definition) is 1. The van der Waals surface area contributed by atoms with Gasteiger partial charge in [0.2, 0.25) is 0 Å².